The molecule has 1 unspecified atom stereocenters. The number of tetrazole rings is 1. The third-order valence-corrected chi connectivity index (χ3v) is 2.68. The first kappa shape index (κ1) is 10.1. The third-order valence-electron chi connectivity index (χ3n) is 1.76. The highest BCUT2D eigenvalue weighted by Crippen LogP contribution is 2.10. The van der Waals surface area contributed by atoms with Gasteiger partial charge in [0.1, 0.15) is 0 Å². The second-order valence-corrected chi connectivity index (χ2v) is 3.95. The summed E-state index contributed by atoms with van der Waals surface area (Å²) in [6.45, 7) is 0. The second-order valence-electron chi connectivity index (χ2n) is 2.65. The summed E-state index contributed by atoms with van der Waals surface area (Å²) < 4.78 is 23.0. The predicted octanol–water partition coefficient (Wildman–Crippen LogP) is 0.563. The highest BCUT2D eigenvalue weighted by Gasteiger charge is 1.99. The summed E-state index contributed by atoms with van der Waals surface area (Å²) in [6.07, 6.45) is 0. The van der Waals surface area contributed by atoms with E-state index in [1.54, 1.807) is 12.1 Å². The van der Waals surface area contributed by atoms with E-state index in [2.05, 4.69) is 15.5 Å². The average Bonchev–Trinajstić information content (AvgIpc) is 2.65. The second kappa shape index (κ2) is 4.01. The molecule has 8 heteroatoms. The van der Waals surface area contributed by atoms with Gasteiger partial charge in [-0.15, -0.1) is 0 Å². The SMILES string of the molecule is O=S([O-])c1ccc(-n2[nH]nnc2=S)cc1. The molecule has 1 heterocycles. The molecule has 0 saturated carbocycles. The van der Waals surface area contributed by atoms with Crippen LogP contribution >= 0.6 is 12.2 Å². The van der Waals surface area contributed by atoms with Crippen LogP contribution in [0.5, 0.6) is 0 Å². The van der Waals surface area contributed by atoms with Crippen LogP contribution in [-0.4, -0.2) is 29.0 Å². The lowest BCUT2D eigenvalue weighted by molar-refractivity contribution is 0.537. The Labute approximate surface area is 92.2 Å². The Morgan fingerprint density at radius 2 is 2.07 bits per heavy atom. The lowest BCUT2D eigenvalue weighted by atomic mass is 10.3. The highest BCUT2D eigenvalue weighted by atomic mass is 32.2. The molecule has 1 aromatic carbocycles. The molecule has 6 nitrogen and oxygen atoms in total. The first-order valence-electron chi connectivity index (χ1n) is 3.88. The van der Waals surface area contributed by atoms with Crippen molar-refractivity contribution in [1.29, 1.82) is 0 Å². The van der Waals surface area contributed by atoms with Crippen LogP contribution in [0.4, 0.5) is 0 Å². The van der Waals surface area contributed by atoms with E-state index in [1.165, 1.54) is 16.8 Å². The first-order chi connectivity index (χ1) is 7.18. The van der Waals surface area contributed by atoms with Crippen LogP contribution < -0.4 is 0 Å². The van der Waals surface area contributed by atoms with Gasteiger partial charge in [0.25, 0.3) is 0 Å². The average molecular weight is 241 g/mol. The van der Waals surface area contributed by atoms with Crippen molar-refractivity contribution in [2.45, 2.75) is 4.90 Å². The standard InChI is InChI=1S/C7H6N4O2S2/c12-15(13)6-3-1-5(2-4-6)11-7(14)8-9-10-11/h1-4H,(H,12,13)(H,8,10,14)/p-1. The van der Waals surface area contributed by atoms with Gasteiger partial charge in [0.05, 0.1) is 5.69 Å². The van der Waals surface area contributed by atoms with Gasteiger partial charge in [0.15, 0.2) is 0 Å². The van der Waals surface area contributed by atoms with Crippen molar-refractivity contribution in [1.82, 2.24) is 20.2 Å². The minimum Gasteiger partial charge on any atom is -0.768 e. The molecule has 15 heavy (non-hydrogen) atoms. The van der Waals surface area contributed by atoms with E-state index in [1.807, 2.05) is 0 Å². The zero-order chi connectivity index (χ0) is 10.8. The van der Waals surface area contributed by atoms with Crippen LogP contribution in [0.2, 0.25) is 0 Å². The van der Waals surface area contributed by atoms with Gasteiger partial charge in [0, 0.05) is 4.90 Å². The van der Waals surface area contributed by atoms with Gasteiger partial charge < -0.3 is 4.55 Å². The van der Waals surface area contributed by atoms with E-state index in [4.69, 9.17) is 12.2 Å². The van der Waals surface area contributed by atoms with Crippen molar-refractivity contribution in [3.05, 3.63) is 29.0 Å². The Balaban J connectivity index is 2.44. The van der Waals surface area contributed by atoms with Crippen LogP contribution in [-0.2, 0) is 11.1 Å². The minimum absolute atomic E-state index is 0.220. The fourth-order valence-corrected chi connectivity index (χ4v) is 1.62. The Morgan fingerprint density at radius 3 is 2.53 bits per heavy atom. The van der Waals surface area contributed by atoms with E-state index in [0.29, 0.717) is 5.69 Å². The fourth-order valence-electron chi connectivity index (χ4n) is 1.07. The van der Waals surface area contributed by atoms with Crippen molar-refractivity contribution < 1.29 is 8.76 Å². The van der Waals surface area contributed by atoms with Crippen LogP contribution in [0.15, 0.2) is 29.2 Å². The quantitative estimate of drug-likeness (QED) is 0.613. The Kier molecular flexibility index (Phi) is 2.71. The first-order valence-corrected chi connectivity index (χ1v) is 5.36. The van der Waals surface area contributed by atoms with Crippen molar-refractivity contribution in [2.75, 3.05) is 0 Å². The molecule has 0 fully saturated rings. The van der Waals surface area contributed by atoms with Gasteiger partial charge in [-0.25, -0.2) is 4.68 Å². The van der Waals surface area contributed by atoms with Crippen LogP contribution in [0, 0.1) is 4.77 Å². The molecule has 0 radical (unpaired) electrons. The van der Waals surface area contributed by atoms with Crippen LogP contribution in [0.25, 0.3) is 5.69 Å². The maximum Gasteiger partial charge on any atom is 0.242 e. The predicted molar refractivity (Wildman–Crippen MR) is 53.7 cm³/mol. The number of nitrogens with one attached hydrogen (secondary N) is 1. The van der Waals surface area contributed by atoms with Crippen molar-refractivity contribution in [2.24, 2.45) is 0 Å². The van der Waals surface area contributed by atoms with Crippen LogP contribution in [0.3, 0.4) is 0 Å². The molecule has 2 aromatic rings. The van der Waals surface area contributed by atoms with Gasteiger partial charge in [-0.2, -0.15) is 5.21 Å². The summed E-state index contributed by atoms with van der Waals surface area (Å²) in [7, 11) is 0. The molecule has 2 rings (SSSR count). The van der Waals surface area contributed by atoms with E-state index in [9.17, 15) is 8.76 Å². The summed E-state index contributed by atoms with van der Waals surface area (Å²) in [5, 5.41) is 9.69. The Bertz CT molecular complexity index is 545. The van der Waals surface area contributed by atoms with E-state index < -0.39 is 11.1 Å². The van der Waals surface area contributed by atoms with Crippen molar-refractivity contribution in [3.63, 3.8) is 0 Å². The van der Waals surface area contributed by atoms with Crippen molar-refractivity contribution >= 4 is 23.3 Å². The van der Waals surface area contributed by atoms with Gasteiger partial charge in [0.2, 0.25) is 4.77 Å². The summed E-state index contributed by atoms with van der Waals surface area (Å²) in [4.78, 5) is 0.220. The molecule has 0 amide bonds. The van der Waals surface area contributed by atoms with Crippen LogP contribution in [0.1, 0.15) is 0 Å². The molecular formula is C7H5N4O2S2-. The number of rotatable bonds is 2. The molecule has 0 spiro atoms. The molecule has 0 aliphatic rings. The Hall–Kier alpha value is -1.38. The molecule has 1 aromatic heterocycles. The van der Waals surface area contributed by atoms with Gasteiger partial charge >= 0.3 is 0 Å². The molecule has 1 N–H and O–H groups in total. The summed E-state index contributed by atoms with van der Waals surface area (Å²) in [5.41, 5.74) is 0.680. The molecular weight excluding hydrogens is 236 g/mol. The minimum atomic E-state index is -2.22. The summed E-state index contributed by atoms with van der Waals surface area (Å²) in [5.74, 6) is 0. The lowest BCUT2D eigenvalue weighted by Crippen LogP contribution is -1.97. The number of benzene rings is 1. The molecule has 1 atom stereocenters. The normalized spacial score (nSPS) is 12.6. The van der Waals surface area contributed by atoms with E-state index >= 15 is 0 Å². The van der Waals surface area contributed by atoms with Gasteiger partial charge in [-0.1, -0.05) is 10.3 Å². The zero-order valence-corrected chi connectivity index (χ0v) is 8.92. The van der Waals surface area contributed by atoms with E-state index in [0.717, 1.165) is 0 Å². The topological polar surface area (TPSA) is 86.6 Å². The monoisotopic (exact) mass is 241 g/mol. The van der Waals surface area contributed by atoms with Crippen molar-refractivity contribution in [3.8, 4) is 5.69 Å². The summed E-state index contributed by atoms with van der Waals surface area (Å²) in [6, 6.07) is 6.17. The maximum absolute atomic E-state index is 10.6. The number of aromatic nitrogens is 4. The Morgan fingerprint density at radius 1 is 1.40 bits per heavy atom. The number of nitrogens with zero attached hydrogens (tertiary/aromatic N) is 3. The number of H-pyrrole nitrogens is 1. The molecule has 0 bridgehead atoms. The largest absolute Gasteiger partial charge is 0.768 e. The van der Waals surface area contributed by atoms with Gasteiger partial charge in [-0.3, -0.25) is 4.21 Å². The number of aromatic amines is 1. The third kappa shape index (κ3) is 2.01. The highest BCUT2D eigenvalue weighted by molar-refractivity contribution is 7.79. The molecule has 0 saturated heterocycles. The molecule has 0 aliphatic carbocycles. The maximum atomic E-state index is 10.6. The smallest absolute Gasteiger partial charge is 0.242 e. The van der Waals surface area contributed by atoms with E-state index in [-0.39, 0.29) is 9.67 Å². The zero-order valence-electron chi connectivity index (χ0n) is 7.28. The fraction of sp³-hybridized carbons (Fsp3) is 0. The van der Waals surface area contributed by atoms with Gasteiger partial charge in [-0.05, 0) is 47.6 Å². The lowest BCUT2D eigenvalue weighted by Gasteiger charge is -2.05. The number of hydrogen-bond acceptors (Lipinski definition) is 5. The summed E-state index contributed by atoms with van der Waals surface area (Å²) >= 11 is 2.67. The molecule has 0 aliphatic heterocycles. The molecule has 78 valence electrons. The number of hydrogen-bond donors (Lipinski definition) is 1.